The predicted octanol–water partition coefficient (Wildman–Crippen LogP) is 3.95. The van der Waals surface area contributed by atoms with E-state index in [9.17, 15) is 9.18 Å². The van der Waals surface area contributed by atoms with E-state index in [1.807, 2.05) is 0 Å². The number of aromatic nitrogens is 3. The van der Waals surface area contributed by atoms with Gasteiger partial charge >= 0.3 is 0 Å². The van der Waals surface area contributed by atoms with E-state index >= 15 is 0 Å². The van der Waals surface area contributed by atoms with E-state index in [4.69, 9.17) is 16.7 Å². The molecule has 3 aromatic rings. The van der Waals surface area contributed by atoms with Gasteiger partial charge in [-0.15, -0.1) is 0 Å². The van der Waals surface area contributed by atoms with Crippen molar-refractivity contribution in [1.82, 2.24) is 14.8 Å². The molecular formula is C22H21ClFN5O2. The number of anilines is 1. The van der Waals surface area contributed by atoms with Gasteiger partial charge in [-0.25, -0.2) is 14.1 Å². The van der Waals surface area contributed by atoms with Crippen molar-refractivity contribution >= 4 is 34.9 Å². The lowest BCUT2D eigenvalue weighted by Crippen LogP contribution is -2.39. The van der Waals surface area contributed by atoms with Crippen molar-refractivity contribution in [3.05, 3.63) is 70.8 Å². The number of rotatable bonds is 6. The Balaban J connectivity index is 1.74. The Labute approximate surface area is 183 Å². The maximum Gasteiger partial charge on any atom is 0.248 e. The highest BCUT2D eigenvalue weighted by Gasteiger charge is 2.39. The van der Waals surface area contributed by atoms with Crippen LogP contribution in [0.2, 0.25) is 5.02 Å². The monoisotopic (exact) mass is 441 g/mol. The molecule has 4 rings (SSSR count). The van der Waals surface area contributed by atoms with Crippen LogP contribution in [-0.4, -0.2) is 38.1 Å². The number of aliphatic imine (C=N–C) groups is 1. The molecule has 31 heavy (non-hydrogen) atoms. The lowest BCUT2D eigenvalue weighted by molar-refractivity contribution is -0.118. The third-order valence-electron chi connectivity index (χ3n) is 5.11. The predicted molar refractivity (Wildman–Crippen MR) is 116 cm³/mol. The summed E-state index contributed by atoms with van der Waals surface area (Å²) >= 11 is 5.93. The van der Waals surface area contributed by atoms with Crippen LogP contribution in [0.4, 0.5) is 16.0 Å². The maximum atomic E-state index is 14.1. The van der Waals surface area contributed by atoms with E-state index in [0.29, 0.717) is 46.6 Å². The van der Waals surface area contributed by atoms with Gasteiger partial charge in [-0.05, 0) is 55.3 Å². The fraction of sp³-hybridized carbons (Fsp3) is 0.273. The number of nitrogens with zero attached hydrogens (tertiary/aromatic N) is 4. The van der Waals surface area contributed by atoms with Crippen LogP contribution in [0.5, 0.6) is 0 Å². The molecule has 9 heteroatoms. The summed E-state index contributed by atoms with van der Waals surface area (Å²) in [6.45, 7) is 1.77. The number of carbonyl (C=O) groups excluding carboxylic acids is 1. The minimum atomic E-state index is -0.725. The molecule has 1 amide bonds. The Bertz CT molecular complexity index is 1130. The second kappa shape index (κ2) is 8.95. The molecule has 0 spiro atoms. The van der Waals surface area contributed by atoms with Crippen LogP contribution in [0, 0.1) is 11.7 Å². The Kier molecular flexibility index (Phi) is 6.11. The largest absolute Gasteiger partial charge is 0.396 e. The minimum Gasteiger partial charge on any atom is -0.396 e. The van der Waals surface area contributed by atoms with Gasteiger partial charge in [0, 0.05) is 29.4 Å². The molecule has 1 aliphatic heterocycles. The summed E-state index contributed by atoms with van der Waals surface area (Å²) in [5.41, 5.74) is 1.73. The zero-order valence-corrected chi connectivity index (χ0v) is 17.6. The first kappa shape index (κ1) is 21.1. The second-order valence-electron chi connectivity index (χ2n) is 7.33. The quantitative estimate of drug-likeness (QED) is 0.605. The SMILES string of the molecule is CC1=Nc2nc(CCCO)nn2C(c2cccc(F)c2)C1C(=O)Nc1ccc(Cl)cc1. The molecule has 0 saturated heterocycles. The van der Waals surface area contributed by atoms with Crippen LogP contribution in [0.1, 0.15) is 30.8 Å². The molecule has 1 aromatic heterocycles. The molecule has 2 N–H and O–H groups in total. The number of carbonyl (C=O) groups is 1. The first-order valence-corrected chi connectivity index (χ1v) is 10.3. The molecule has 0 fully saturated rings. The summed E-state index contributed by atoms with van der Waals surface area (Å²) in [5.74, 6) is -0.555. The third kappa shape index (κ3) is 4.50. The zero-order valence-electron chi connectivity index (χ0n) is 16.8. The number of halogens is 2. The average Bonchev–Trinajstić information content (AvgIpc) is 3.15. The summed E-state index contributed by atoms with van der Waals surface area (Å²) in [6.07, 6.45) is 0.986. The van der Waals surface area contributed by atoms with Gasteiger partial charge in [-0.3, -0.25) is 4.79 Å². The van der Waals surface area contributed by atoms with Crippen molar-refractivity contribution in [2.75, 3.05) is 11.9 Å². The number of fused-ring (bicyclic) bond motifs is 1. The molecule has 2 heterocycles. The summed E-state index contributed by atoms with van der Waals surface area (Å²) in [7, 11) is 0. The van der Waals surface area contributed by atoms with E-state index in [2.05, 4.69) is 20.4 Å². The Morgan fingerprint density at radius 2 is 2.03 bits per heavy atom. The van der Waals surface area contributed by atoms with E-state index in [0.717, 1.165) is 0 Å². The van der Waals surface area contributed by atoms with E-state index in [1.165, 1.54) is 12.1 Å². The van der Waals surface area contributed by atoms with Gasteiger partial charge < -0.3 is 10.4 Å². The highest BCUT2D eigenvalue weighted by atomic mass is 35.5. The molecule has 1 aliphatic rings. The molecule has 0 bridgehead atoms. The van der Waals surface area contributed by atoms with Gasteiger partial charge in [0.1, 0.15) is 11.7 Å². The van der Waals surface area contributed by atoms with Crippen molar-refractivity contribution in [2.24, 2.45) is 10.9 Å². The summed E-state index contributed by atoms with van der Waals surface area (Å²) in [4.78, 5) is 22.2. The highest BCUT2D eigenvalue weighted by Crippen LogP contribution is 2.36. The van der Waals surface area contributed by atoms with Crippen LogP contribution < -0.4 is 5.32 Å². The Morgan fingerprint density at radius 3 is 2.74 bits per heavy atom. The van der Waals surface area contributed by atoms with Crippen molar-refractivity contribution in [1.29, 1.82) is 0 Å². The normalized spacial score (nSPS) is 17.7. The number of hydrogen-bond acceptors (Lipinski definition) is 5. The van der Waals surface area contributed by atoms with Crippen LogP contribution in [0.15, 0.2) is 53.5 Å². The first-order chi connectivity index (χ1) is 15.0. The van der Waals surface area contributed by atoms with Crippen molar-refractivity contribution in [3.8, 4) is 0 Å². The molecule has 0 saturated carbocycles. The molecule has 7 nitrogen and oxygen atoms in total. The third-order valence-corrected chi connectivity index (χ3v) is 5.36. The van der Waals surface area contributed by atoms with Crippen LogP contribution in [0.25, 0.3) is 0 Å². The molecule has 2 unspecified atom stereocenters. The smallest absolute Gasteiger partial charge is 0.248 e. The average molecular weight is 442 g/mol. The molecule has 0 aliphatic carbocycles. The maximum absolute atomic E-state index is 14.1. The van der Waals surface area contributed by atoms with Crippen LogP contribution in [0.3, 0.4) is 0 Å². The number of aliphatic hydroxyl groups is 1. The highest BCUT2D eigenvalue weighted by molar-refractivity contribution is 6.30. The standard InChI is InChI=1S/C22H21ClFN5O2/c1-13-19(21(31)26-17-9-7-15(23)8-10-17)20(14-4-2-5-16(24)12-14)29-22(25-13)27-18(28-29)6-3-11-30/h2,4-5,7-10,12,19-20,30H,3,6,11H2,1H3,(H,26,31). The summed E-state index contributed by atoms with van der Waals surface area (Å²) in [6, 6.07) is 12.3. The van der Waals surface area contributed by atoms with Crippen molar-refractivity contribution < 1.29 is 14.3 Å². The van der Waals surface area contributed by atoms with Gasteiger partial charge in [-0.1, -0.05) is 23.7 Å². The fourth-order valence-electron chi connectivity index (χ4n) is 3.67. The lowest BCUT2D eigenvalue weighted by atomic mass is 9.87. The van der Waals surface area contributed by atoms with E-state index < -0.39 is 17.8 Å². The summed E-state index contributed by atoms with van der Waals surface area (Å²) in [5, 5.41) is 17.1. The number of aliphatic hydroxyl groups excluding tert-OH is 1. The van der Waals surface area contributed by atoms with Gasteiger partial charge in [-0.2, -0.15) is 10.1 Å². The fourth-order valence-corrected chi connectivity index (χ4v) is 3.80. The minimum absolute atomic E-state index is 0.0195. The molecular weight excluding hydrogens is 421 g/mol. The summed E-state index contributed by atoms with van der Waals surface area (Å²) < 4.78 is 15.6. The van der Waals surface area contributed by atoms with Gasteiger partial charge in [0.15, 0.2) is 5.82 Å². The Morgan fingerprint density at radius 1 is 1.26 bits per heavy atom. The van der Waals surface area contributed by atoms with Crippen LogP contribution in [-0.2, 0) is 11.2 Å². The number of aryl methyl sites for hydroxylation is 1. The van der Waals surface area contributed by atoms with Gasteiger partial charge in [0.25, 0.3) is 0 Å². The molecule has 2 atom stereocenters. The molecule has 160 valence electrons. The van der Waals surface area contributed by atoms with E-state index in [-0.39, 0.29) is 12.5 Å². The molecule has 2 aromatic carbocycles. The van der Waals surface area contributed by atoms with Gasteiger partial charge in [0.2, 0.25) is 11.9 Å². The van der Waals surface area contributed by atoms with Crippen molar-refractivity contribution in [3.63, 3.8) is 0 Å². The van der Waals surface area contributed by atoms with Crippen molar-refractivity contribution in [2.45, 2.75) is 25.8 Å². The number of nitrogens with one attached hydrogen (secondary N) is 1. The van der Waals surface area contributed by atoms with Gasteiger partial charge in [0.05, 0.1) is 6.04 Å². The lowest BCUT2D eigenvalue weighted by Gasteiger charge is -2.30. The first-order valence-electron chi connectivity index (χ1n) is 9.89. The van der Waals surface area contributed by atoms with Crippen LogP contribution >= 0.6 is 11.6 Å². The zero-order chi connectivity index (χ0) is 22.0. The number of hydrogen-bond donors (Lipinski definition) is 2. The number of amides is 1. The van der Waals surface area contributed by atoms with E-state index in [1.54, 1.807) is 48.0 Å². The number of benzene rings is 2. The topological polar surface area (TPSA) is 92.4 Å². The molecule has 0 radical (unpaired) electrons. The second-order valence-corrected chi connectivity index (χ2v) is 7.76. The Hall–Kier alpha value is -3.10.